The number of nitrogens with zero attached hydrogens (tertiary/aromatic N) is 1. The third kappa shape index (κ3) is 3.06. The molecule has 1 aromatic carbocycles. The van der Waals surface area contributed by atoms with Crippen LogP contribution in [0.1, 0.15) is 16.7 Å². The Labute approximate surface area is 135 Å². The second-order valence-corrected chi connectivity index (χ2v) is 5.07. The van der Waals surface area contributed by atoms with Gasteiger partial charge in [0.05, 0.1) is 5.56 Å². The van der Waals surface area contributed by atoms with Crippen LogP contribution >= 0.6 is 0 Å². The third-order valence-corrected chi connectivity index (χ3v) is 3.51. The van der Waals surface area contributed by atoms with E-state index in [0.29, 0.717) is 24.4 Å². The maximum Gasteiger partial charge on any atom is 0.457 e. The zero-order valence-electron chi connectivity index (χ0n) is 12.0. The molecule has 1 heterocycles. The first-order chi connectivity index (χ1) is 11.3. The minimum absolute atomic E-state index is 0.309. The van der Waals surface area contributed by atoms with Gasteiger partial charge in [-0.3, -0.25) is 4.98 Å². The summed E-state index contributed by atoms with van der Waals surface area (Å²) >= 11 is 0. The quantitative estimate of drug-likeness (QED) is 0.804. The zero-order chi connectivity index (χ0) is 19.1. The fraction of sp³-hybridized carbons (Fsp3) is 0.267. The summed E-state index contributed by atoms with van der Waals surface area (Å²) in [6.07, 6.45) is -10.1. The van der Waals surface area contributed by atoms with E-state index in [1.807, 2.05) is 0 Å². The molecule has 1 unspecified atom stereocenters. The lowest BCUT2D eigenvalue weighted by atomic mass is 9.79. The van der Waals surface area contributed by atoms with Crippen molar-refractivity contribution in [2.75, 3.05) is 0 Å². The Kier molecular flexibility index (Phi) is 4.54. The predicted octanol–water partition coefficient (Wildman–Crippen LogP) is 4.53. The van der Waals surface area contributed by atoms with Crippen LogP contribution < -0.4 is 0 Å². The molecule has 2 rings (SSSR count). The summed E-state index contributed by atoms with van der Waals surface area (Å²) in [7, 11) is 0. The molecule has 1 aromatic heterocycles. The Bertz CT molecular complexity index is 741. The lowest BCUT2D eigenvalue weighted by Gasteiger charge is -2.38. The molecule has 0 saturated heterocycles. The van der Waals surface area contributed by atoms with Gasteiger partial charge in [-0.05, 0) is 12.1 Å². The largest absolute Gasteiger partial charge is 0.457 e. The number of aromatic nitrogens is 1. The number of hydrogen-bond donors (Lipinski definition) is 1. The van der Waals surface area contributed by atoms with Crippen LogP contribution in [0.25, 0.3) is 0 Å². The molecule has 0 amide bonds. The van der Waals surface area contributed by atoms with Crippen molar-refractivity contribution in [1.29, 1.82) is 0 Å². The maximum absolute atomic E-state index is 14.1. The summed E-state index contributed by atoms with van der Waals surface area (Å²) < 4.78 is 106. The van der Waals surface area contributed by atoms with E-state index in [1.54, 1.807) is 0 Å². The first kappa shape index (κ1) is 19.1. The number of halogens is 8. The number of benzene rings is 1. The van der Waals surface area contributed by atoms with Gasteiger partial charge in [-0.25, -0.2) is 0 Å². The molecule has 0 saturated carbocycles. The smallest absolute Gasteiger partial charge is 0.374 e. The standard InChI is InChI=1S/C15H9F8NO/c16-13(17,18)11-6-2-1-5-10(11)12(25,9-4-3-7-24-8-9)14(19,20)15(21,22)23/h1-8,25H. The van der Waals surface area contributed by atoms with Crippen molar-refractivity contribution >= 4 is 0 Å². The van der Waals surface area contributed by atoms with Crippen molar-refractivity contribution in [1.82, 2.24) is 4.98 Å². The van der Waals surface area contributed by atoms with Crippen molar-refractivity contribution < 1.29 is 40.2 Å². The topological polar surface area (TPSA) is 33.1 Å². The Morgan fingerprint density at radius 1 is 0.760 bits per heavy atom. The fourth-order valence-corrected chi connectivity index (χ4v) is 2.33. The molecule has 0 spiro atoms. The first-order valence-corrected chi connectivity index (χ1v) is 6.57. The van der Waals surface area contributed by atoms with E-state index in [1.165, 1.54) is 0 Å². The van der Waals surface area contributed by atoms with Gasteiger partial charge in [-0.15, -0.1) is 0 Å². The average Bonchev–Trinajstić information content (AvgIpc) is 2.53. The molecule has 0 bridgehead atoms. The van der Waals surface area contributed by atoms with Crippen LogP contribution in [0.4, 0.5) is 35.1 Å². The second kappa shape index (κ2) is 5.94. The van der Waals surface area contributed by atoms with Crippen molar-refractivity contribution in [3.8, 4) is 0 Å². The zero-order valence-corrected chi connectivity index (χ0v) is 12.0. The highest BCUT2D eigenvalue weighted by molar-refractivity contribution is 5.44. The Balaban J connectivity index is 2.89. The highest BCUT2D eigenvalue weighted by atomic mass is 19.4. The summed E-state index contributed by atoms with van der Waals surface area (Å²) in [5.41, 5.74) is -8.90. The van der Waals surface area contributed by atoms with E-state index in [2.05, 4.69) is 4.98 Å². The molecule has 1 atom stereocenters. The third-order valence-electron chi connectivity index (χ3n) is 3.51. The maximum atomic E-state index is 14.1. The number of pyridine rings is 1. The van der Waals surface area contributed by atoms with Crippen molar-refractivity contribution in [3.05, 3.63) is 65.5 Å². The van der Waals surface area contributed by atoms with Gasteiger partial charge in [0.25, 0.3) is 0 Å². The van der Waals surface area contributed by atoms with Gasteiger partial charge in [-0.2, -0.15) is 35.1 Å². The molecule has 2 nitrogen and oxygen atoms in total. The molecule has 0 fully saturated rings. The van der Waals surface area contributed by atoms with Crippen LogP contribution in [0, 0.1) is 0 Å². The van der Waals surface area contributed by atoms with E-state index < -0.39 is 40.6 Å². The lowest BCUT2D eigenvalue weighted by Crippen LogP contribution is -2.56. The summed E-state index contributed by atoms with van der Waals surface area (Å²) in [6.45, 7) is 0. The average molecular weight is 371 g/mol. The van der Waals surface area contributed by atoms with Crippen LogP contribution in [0.3, 0.4) is 0 Å². The van der Waals surface area contributed by atoms with Crippen molar-refractivity contribution in [3.63, 3.8) is 0 Å². The van der Waals surface area contributed by atoms with E-state index in [9.17, 15) is 40.2 Å². The summed E-state index contributed by atoms with van der Waals surface area (Å²) in [5.74, 6) is -5.93. The van der Waals surface area contributed by atoms with Crippen LogP contribution in [-0.4, -0.2) is 22.2 Å². The van der Waals surface area contributed by atoms with Crippen LogP contribution in [0.5, 0.6) is 0 Å². The Hall–Kier alpha value is -2.23. The minimum Gasteiger partial charge on any atom is -0.374 e. The van der Waals surface area contributed by atoms with Crippen molar-refractivity contribution in [2.24, 2.45) is 0 Å². The Morgan fingerprint density at radius 3 is 1.76 bits per heavy atom. The highest BCUT2D eigenvalue weighted by Gasteiger charge is 2.72. The van der Waals surface area contributed by atoms with Crippen LogP contribution in [0.15, 0.2) is 48.8 Å². The molecule has 0 radical (unpaired) electrons. The first-order valence-electron chi connectivity index (χ1n) is 6.57. The van der Waals surface area contributed by atoms with Crippen molar-refractivity contribution in [2.45, 2.75) is 23.9 Å². The predicted molar refractivity (Wildman–Crippen MR) is 69.7 cm³/mol. The van der Waals surface area contributed by atoms with E-state index in [0.717, 1.165) is 24.4 Å². The monoisotopic (exact) mass is 371 g/mol. The molecule has 0 aliphatic heterocycles. The van der Waals surface area contributed by atoms with Gasteiger partial charge in [0, 0.05) is 23.5 Å². The molecule has 25 heavy (non-hydrogen) atoms. The van der Waals surface area contributed by atoms with Gasteiger partial charge >= 0.3 is 18.3 Å². The number of aliphatic hydroxyl groups is 1. The number of alkyl halides is 8. The van der Waals surface area contributed by atoms with E-state index in [-0.39, 0.29) is 0 Å². The molecule has 0 aliphatic rings. The van der Waals surface area contributed by atoms with Gasteiger partial charge in [0.1, 0.15) is 0 Å². The Morgan fingerprint density at radius 2 is 1.32 bits per heavy atom. The normalized spacial score (nSPS) is 15.7. The molecular weight excluding hydrogens is 362 g/mol. The second-order valence-electron chi connectivity index (χ2n) is 5.07. The van der Waals surface area contributed by atoms with Crippen LogP contribution in [-0.2, 0) is 11.8 Å². The summed E-state index contributed by atoms with van der Waals surface area (Å²) in [4.78, 5) is 3.32. The highest BCUT2D eigenvalue weighted by Crippen LogP contribution is 2.53. The van der Waals surface area contributed by atoms with Gasteiger partial charge in [0.15, 0.2) is 5.60 Å². The number of hydrogen-bond acceptors (Lipinski definition) is 2. The summed E-state index contributed by atoms with van der Waals surface area (Å²) in [6, 6.07) is 3.86. The van der Waals surface area contributed by atoms with E-state index >= 15 is 0 Å². The van der Waals surface area contributed by atoms with Gasteiger partial charge in [0.2, 0.25) is 0 Å². The van der Waals surface area contributed by atoms with E-state index in [4.69, 9.17) is 0 Å². The lowest BCUT2D eigenvalue weighted by molar-refractivity contribution is -0.337. The SMILES string of the molecule is OC(c1cccnc1)(c1ccccc1C(F)(F)F)C(F)(F)C(F)(F)F. The molecule has 10 heteroatoms. The fourth-order valence-electron chi connectivity index (χ4n) is 2.33. The number of rotatable bonds is 3. The van der Waals surface area contributed by atoms with Gasteiger partial charge < -0.3 is 5.11 Å². The molecule has 0 aliphatic carbocycles. The summed E-state index contributed by atoms with van der Waals surface area (Å²) in [5, 5.41) is 10.4. The molecule has 136 valence electrons. The minimum atomic E-state index is -6.32. The van der Waals surface area contributed by atoms with Crippen LogP contribution in [0.2, 0.25) is 0 Å². The molecule has 2 aromatic rings. The molecule has 1 N–H and O–H groups in total. The van der Waals surface area contributed by atoms with Gasteiger partial charge in [-0.1, -0.05) is 24.3 Å². The molecular formula is C15H9F8NO.